The number of benzene rings is 1. The zero-order chi connectivity index (χ0) is 17.2. The monoisotopic (exact) mass is 359 g/mol. The number of nitrogens with one attached hydrogen (secondary N) is 2. The SMILES string of the molecule is O=C(NC1CCCc2nc(-c3ccc(F)cc3)sc21)C1CCNCC1. The fraction of sp³-hybridized carbons (Fsp3) is 0.474. The lowest BCUT2D eigenvalue weighted by atomic mass is 9.94. The molecule has 25 heavy (non-hydrogen) atoms. The second-order valence-corrected chi connectivity index (χ2v) is 7.85. The van der Waals surface area contributed by atoms with Crippen molar-refractivity contribution in [2.24, 2.45) is 5.92 Å². The van der Waals surface area contributed by atoms with Gasteiger partial charge in [0.2, 0.25) is 5.91 Å². The Hall–Kier alpha value is -1.79. The zero-order valence-corrected chi connectivity index (χ0v) is 14.9. The molecule has 4 nitrogen and oxygen atoms in total. The van der Waals surface area contributed by atoms with Crippen LogP contribution in [0.2, 0.25) is 0 Å². The van der Waals surface area contributed by atoms with Crippen LogP contribution in [0.3, 0.4) is 0 Å². The number of fused-ring (bicyclic) bond motifs is 1. The Morgan fingerprint density at radius 2 is 1.96 bits per heavy atom. The summed E-state index contributed by atoms with van der Waals surface area (Å²) in [5, 5.41) is 7.47. The number of rotatable bonds is 3. The van der Waals surface area contributed by atoms with Crippen molar-refractivity contribution in [1.82, 2.24) is 15.6 Å². The molecule has 1 unspecified atom stereocenters. The summed E-state index contributed by atoms with van der Waals surface area (Å²) < 4.78 is 13.1. The van der Waals surface area contributed by atoms with E-state index in [9.17, 15) is 9.18 Å². The van der Waals surface area contributed by atoms with E-state index in [4.69, 9.17) is 4.98 Å². The van der Waals surface area contributed by atoms with Gasteiger partial charge in [-0.05, 0) is 69.5 Å². The number of hydrogen-bond donors (Lipinski definition) is 2. The molecule has 1 aromatic carbocycles. The molecule has 6 heteroatoms. The van der Waals surface area contributed by atoms with E-state index in [1.165, 1.54) is 17.0 Å². The van der Waals surface area contributed by atoms with E-state index in [0.29, 0.717) is 0 Å². The number of halogens is 1. The molecule has 1 aromatic heterocycles. The molecule has 0 radical (unpaired) electrons. The third-order valence-corrected chi connectivity index (χ3v) is 6.33. The predicted octanol–water partition coefficient (Wildman–Crippen LogP) is 3.44. The van der Waals surface area contributed by atoms with Gasteiger partial charge >= 0.3 is 0 Å². The Kier molecular flexibility index (Phi) is 4.81. The Morgan fingerprint density at radius 3 is 2.72 bits per heavy atom. The highest BCUT2D eigenvalue weighted by molar-refractivity contribution is 7.15. The van der Waals surface area contributed by atoms with Crippen molar-refractivity contribution < 1.29 is 9.18 Å². The van der Waals surface area contributed by atoms with Gasteiger partial charge in [0, 0.05) is 11.5 Å². The highest BCUT2D eigenvalue weighted by Crippen LogP contribution is 2.38. The maximum absolute atomic E-state index is 13.1. The third kappa shape index (κ3) is 3.60. The first-order valence-electron chi connectivity index (χ1n) is 8.97. The smallest absolute Gasteiger partial charge is 0.223 e. The first kappa shape index (κ1) is 16.7. The number of amides is 1. The van der Waals surface area contributed by atoms with Gasteiger partial charge in [-0.3, -0.25) is 4.79 Å². The maximum atomic E-state index is 13.1. The summed E-state index contributed by atoms with van der Waals surface area (Å²) in [7, 11) is 0. The number of carbonyl (C=O) groups is 1. The van der Waals surface area contributed by atoms with Crippen LogP contribution in [0.5, 0.6) is 0 Å². The number of piperidine rings is 1. The van der Waals surface area contributed by atoms with Crippen LogP contribution in [0.4, 0.5) is 4.39 Å². The van der Waals surface area contributed by atoms with Crippen LogP contribution < -0.4 is 10.6 Å². The highest BCUT2D eigenvalue weighted by Gasteiger charge is 2.29. The fourth-order valence-electron chi connectivity index (χ4n) is 3.65. The topological polar surface area (TPSA) is 54.0 Å². The number of nitrogens with zero attached hydrogens (tertiary/aromatic N) is 1. The minimum atomic E-state index is -0.239. The van der Waals surface area contributed by atoms with Gasteiger partial charge in [-0.1, -0.05) is 0 Å². The first-order chi connectivity index (χ1) is 12.2. The second-order valence-electron chi connectivity index (χ2n) is 6.81. The van der Waals surface area contributed by atoms with E-state index < -0.39 is 0 Å². The molecule has 0 spiro atoms. The molecule has 2 heterocycles. The van der Waals surface area contributed by atoms with Crippen molar-refractivity contribution in [1.29, 1.82) is 0 Å². The Morgan fingerprint density at radius 1 is 1.20 bits per heavy atom. The van der Waals surface area contributed by atoms with Crippen LogP contribution in [-0.4, -0.2) is 24.0 Å². The number of aromatic nitrogens is 1. The van der Waals surface area contributed by atoms with E-state index in [2.05, 4.69) is 10.6 Å². The van der Waals surface area contributed by atoms with Gasteiger partial charge in [-0.15, -0.1) is 11.3 Å². The summed E-state index contributed by atoms with van der Waals surface area (Å²) in [6.07, 6.45) is 4.78. The molecule has 0 saturated carbocycles. The van der Waals surface area contributed by atoms with E-state index in [1.54, 1.807) is 23.5 Å². The Balaban J connectivity index is 1.53. The quantitative estimate of drug-likeness (QED) is 0.883. The first-order valence-corrected chi connectivity index (χ1v) is 9.79. The number of aryl methyl sites for hydroxylation is 1. The Labute approximate surface area is 150 Å². The molecule has 2 aromatic rings. The van der Waals surface area contributed by atoms with Gasteiger partial charge in [0.05, 0.1) is 16.6 Å². The maximum Gasteiger partial charge on any atom is 0.223 e. The highest BCUT2D eigenvalue weighted by atomic mass is 32.1. The summed E-state index contributed by atoms with van der Waals surface area (Å²) in [4.78, 5) is 18.5. The predicted molar refractivity (Wildman–Crippen MR) is 96.9 cm³/mol. The van der Waals surface area contributed by atoms with E-state index >= 15 is 0 Å². The number of hydrogen-bond acceptors (Lipinski definition) is 4. The molecule has 0 bridgehead atoms. The van der Waals surface area contributed by atoms with Crippen molar-refractivity contribution in [2.75, 3.05) is 13.1 Å². The molecular weight excluding hydrogens is 337 g/mol. The van der Waals surface area contributed by atoms with Crippen molar-refractivity contribution in [3.63, 3.8) is 0 Å². The lowest BCUT2D eigenvalue weighted by Crippen LogP contribution is -2.40. The van der Waals surface area contributed by atoms with Gasteiger partial charge in [-0.25, -0.2) is 9.37 Å². The molecule has 1 aliphatic carbocycles. The van der Waals surface area contributed by atoms with Gasteiger partial charge in [0.1, 0.15) is 10.8 Å². The van der Waals surface area contributed by atoms with Crippen LogP contribution in [0, 0.1) is 11.7 Å². The molecule has 1 aliphatic heterocycles. The summed E-state index contributed by atoms with van der Waals surface area (Å²) in [5.74, 6) is 0.0596. The molecule has 1 fully saturated rings. The third-order valence-electron chi connectivity index (χ3n) is 5.07. The lowest BCUT2D eigenvalue weighted by molar-refractivity contribution is -0.126. The van der Waals surface area contributed by atoms with Crippen molar-refractivity contribution >= 4 is 17.2 Å². The molecular formula is C19H22FN3OS. The van der Waals surface area contributed by atoms with Crippen molar-refractivity contribution in [3.8, 4) is 10.6 Å². The largest absolute Gasteiger partial charge is 0.348 e. The molecule has 1 atom stereocenters. The summed E-state index contributed by atoms with van der Waals surface area (Å²) >= 11 is 1.63. The molecule has 2 aliphatic rings. The molecule has 4 rings (SSSR count). The molecule has 2 N–H and O–H groups in total. The second kappa shape index (κ2) is 7.22. The van der Waals surface area contributed by atoms with Gasteiger partial charge in [0.25, 0.3) is 0 Å². The average Bonchev–Trinajstić information content (AvgIpc) is 3.08. The molecule has 1 amide bonds. The fourth-order valence-corrected chi connectivity index (χ4v) is 4.85. The van der Waals surface area contributed by atoms with Crippen LogP contribution in [0.15, 0.2) is 24.3 Å². The lowest BCUT2D eigenvalue weighted by Gasteiger charge is -2.27. The van der Waals surface area contributed by atoms with Gasteiger partial charge < -0.3 is 10.6 Å². The van der Waals surface area contributed by atoms with Crippen LogP contribution in [-0.2, 0) is 11.2 Å². The summed E-state index contributed by atoms with van der Waals surface area (Å²) in [5.41, 5.74) is 2.02. The zero-order valence-electron chi connectivity index (χ0n) is 14.1. The Bertz CT molecular complexity index is 753. The molecule has 132 valence electrons. The summed E-state index contributed by atoms with van der Waals surface area (Å²) in [6.45, 7) is 1.84. The van der Waals surface area contributed by atoms with Crippen LogP contribution in [0.1, 0.15) is 42.3 Å². The van der Waals surface area contributed by atoms with Crippen molar-refractivity contribution in [2.45, 2.75) is 38.1 Å². The normalized spacial score (nSPS) is 20.9. The average molecular weight is 359 g/mol. The number of thiazole rings is 1. The van der Waals surface area contributed by atoms with Crippen molar-refractivity contribution in [3.05, 3.63) is 40.7 Å². The van der Waals surface area contributed by atoms with E-state index in [-0.39, 0.29) is 23.7 Å². The van der Waals surface area contributed by atoms with Gasteiger partial charge in [0.15, 0.2) is 0 Å². The summed E-state index contributed by atoms with van der Waals surface area (Å²) in [6, 6.07) is 6.53. The molecule has 1 saturated heterocycles. The standard InChI is InChI=1S/C19H22FN3OS/c20-14-6-4-13(5-7-14)19-23-16-3-1-2-15(17(16)25-19)22-18(24)12-8-10-21-11-9-12/h4-7,12,15,21H,1-3,8-11H2,(H,22,24). The van der Waals surface area contributed by atoms with E-state index in [1.807, 2.05) is 0 Å². The number of carbonyl (C=O) groups excluding carboxylic acids is 1. The minimum Gasteiger partial charge on any atom is -0.348 e. The minimum absolute atomic E-state index is 0.0674. The van der Waals surface area contributed by atoms with Gasteiger partial charge in [-0.2, -0.15) is 0 Å². The van der Waals surface area contributed by atoms with Crippen LogP contribution >= 0.6 is 11.3 Å². The van der Waals surface area contributed by atoms with E-state index in [0.717, 1.165) is 61.5 Å². The van der Waals surface area contributed by atoms with Crippen LogP contribution in [0.25, 0.3) is 10.6 Å².